The van der Waals surface area contributed by atoms with Crippen LogP contribution in [-0.2, 0) is 9.53 Å². The van der Waals surface area contributed by atoms with Crippen molar-refractivity contribution in [2.24, 2.45) is 0 Å². The summed E-state index contributed by atoms with van der Waals surface area (Å²) in [7, 11) is 0. The summed E-state index contributed by atoms with van der Waals surface area (Å²) >= 11 is 6.21. The van der Waals surface area contributed by atoms with Gasteiger partial charge < -0.3 is 4.74 Å². The van der Waals surface area contributed by atoms with Gasteiger partial charge >= 0.3 is 5.97 Å². The van der Waals surface area contributed by atoms with E-state index in [9.17, 15) is 4.79 Å². The lowest BCUT2D eigenvalue weighted by atomic mass is 10.0. The normalized spacial score (nSPS) is 12.3. The highest BCUT2D eigenvalue weighted by Crippen LogP contribution is 2.14. The number of hydrogen-bond donors (Lipinski definition) is 0. The van der Waals surface area contributed by atoms with Gasteiger partial charge in [0.1, 0.15) is 6.61 Å². The van der Waals surface area contributed by atoms with Crippen LogP contribution in [0.2, 0.25) is 0 Å². The van der Waals surface area contributed by atoms with Gasteiger partial charge in [-0.15, -0.1) is 11.6 Å². The van der Waals surface area contributed by atoms with Crippen LogP contribution in [0.3, 0.4) is 0 Å². The number of halogens is 1. The van der Waals surface area contributed by atoms with Crippen molar-refractivity contribution in [3.63, 3.8) is 0 Å². The molecule has 0 radical (unpaired) electrons. The summed E-state index contributed by atoms with van der Waals surface area (Å²) in [4.78, 5) is 11.7. The van der Waals surface area contributed by atoms with Crippen LogP contribution in [-0.4, -0.2) is 18.0 Å². The minimum atomic E-state index is -0.0720. The average molecular weight is 403 g/mol. The van der Waals surface area contributed by atoms with Gasteiger partial charge in [0, 0.05) is 6.42 Å². The number of unbranched alkanes of at least 4 members (excludes halogenated alkanes) is 15. The van der Waals surface area contributed by atoms with Gasteiger partial charge in [0.15, 0.2) is 0 Å². The Morgan fingerprint density at radius 2 is 1.07 bits per heavy atom. The summed E-state index contributed by atoms with van der Waals surface area (Å²) in [6, 6.07) is 0. The van der Waals surface area contributed by atoms with Gasteiger partial charge in [0.2, 0.25) is 0 Å². The lowest BCUT2D eigenvalue weighted by Gasteiger charge is -2.10. The molecule has 0 rings (SSSR count). The molecule has 0 aliphatic rings. The van der Waals surface area contributed by atoms with E-state index in [-0.39, 0.29) is 11.3 Å². The van der Waals surface area contributed by atoms with Crippen LogP contribution in [0.1, 0.15) is 136 Å². The van der Waals surface area contributed by atoms with Crippen LogP contribution in [0.15, 0.2) is 0 Å². The van der Waals surface area contributed by atoms with Crippen molar-refractivity contribution >= 4 is 17.6 Å². The first-order valence-corrected chi connectivity index (χ1v) is 12.4. The highest BCUT2D eigenvalue weighted by Gasteiger charge is 2.08. The smallest absolute Gasteiger partial charge is 0.305 e. The van der Waals surface area contributed by atoms with Crippen molar-refractivity contribution < 1.29 is 9.53 Å². The van der Waals surface area contributed by atoms with Crippen LogP contribution < -0.4 is 0 Å². The molecule has 0 aromatic heterocycles. The Morgan fingerprint density at radius 3 is 1.56 bits per heavy atom. The second-order valence-electron chi connectivity index (χ2n) is 8.12. The Hall–Kier alpha value is -0.240. The largest absolute Gasteiger partial charge is 0.464 e. The maximum absolute atomic E-state index is 11.7. The van der Waals surface area contributed by atoms with Gasteiger partial charge in [0.25, 0.3) is 0 Å². The Labute approximate surface area is 175 Å². The first kappa shape index (κ1) is 26.8. The fraction of sp³-hybridized carbons (Fsp3) is 0.958. The number of alkyl halides is 1. The Morgan fingerprint density at radius 1 is 0.667 bits per heavy atom. The molecule has 0 saturated carbocycles. The predicted molar refractivity (Wildman–Crippen MR) is 120 cm³/mol. The van der Waals surface area contributed by atoms with Gasteiger partial charge in [-0.3, -0.25) is 4.79 Å². The molecule has 0 aromatic rings. The zero-order chi connectivity index (χ0) is 20.0. The first-order valence-electron chi connectivity index (χ1n) is 12.0. The number of carbonyl (C=O) groups is 1. The standard InChI is InChI=1S/C24H47ClO2/c1-3-5-7-9-10-11-12-13-14-15-16-17-19-21-24(26)27-22-23(25)20-18-8-6-4-2/h23H,3-22H2,1-2H3. The molecule has 2 nitrogen and oxygen atoms in total. The second-order valence-corrected chi connectivity index (χ2v) is 8.74. The second kappa shape index (κ2) is 22.1. The molecule has 0 saturated heterocycles. The van der Waals surface area contributed by atoms with Gasteiger partial charge in [0.05, 0.1) is 5.38 Å². The van der Waals surface area contributed by atoms with Crippen molar-refractivity contribution in [2.45, 2.75) is 141 Å². The molecular formula is C24H47ClO2. The van der Waals surface area contributed by atoms with Crippen molar-refractivity contribution in [3.05, 3.63) is 0 Å². The minimum absolute atomic E-state index is 0.0162. The zero-order valence-electron chi connectivity index (χ0n) is 18.4. The summed E-state index contributed by atoms with van der Waals surface area (Å²) in [6.45, 7) is 4.86. The molecule has 0 heterocycles. The summed E-state index contributed by atoms with van der Waals surface area (Å²) in [5.41, 5.74) is 0. The van der Waals surface area contributed by atoms with E-state index in [1.54, 1.807) is 0 Å². The number of hydrogen-bond acceptors (Lipinski definition) is 2. The zero-order valence-corrected chi connectivity index (χ0v) is 19.2. The molecule has 0 spiro atoms. The van der Waals surface area contributed by atoms with Gasteiger partial charge in [-0.25, -0.2) is 0 Å². The third-order valence-electron chi connectivity index (χ3n) is 5.28. The molecule has 3 heteroatoms. The van der Waals surface area contributed by atoms with Gasteiger partial charge in [-0.05, 0) is 12.8 Å². The van der Waals surface area contributed by atoms with E-state index in [0.29, 0.717) is 13.0 Å². The van der Waals surface area contributed by atoms with E-state index >= 15 is 0 Å². The maximum Gasteiger partial charge on any atom is 0.305 e. The fourth-order valence-electron chi connectivity index (χ4n) is 3.42. The lowest BCUT2D eigenvalue weighted by molar-refractivity contribution is -0.143. The van der Waals surface area contributed by atoms with E-state index in [1.165, 1.54) is 89.9 Å². The minimum Gasteiger partial charge on any atom is -0.464 e. The molecule has 0 aromatic carbocycles. The summed E-state index contributed by atoms with van der Waals surface area (Å²) in [5, 5.41) is -0.0162. The number of esters is 1. The first-order chi connectivity index (χ1) is 13.2. The third kappa shape index (κ3) is 21.9. The maximum atomic E-state index is 11.7. The lowest BCUT2D eigenvalue weighted by Crippen LogP contribution is -2.14. The fourth-order valence-corrected chi connectivity index (χ4v) is 3.64. The van der Waals surface area contributed by atoms with Gasteiger partial charge in [-0.2, -0.15) is 0 Å². The van der Waals surface area contributed by atoms with E-state index in [2.05, 4.69) is 13.8 Å². The highest BCUT2D eigenvalue weighted by molar-refractivity contribution is 6.20. The van der Waals surface area contributed by atoms with Crippen molar-refractivity contribution in [1.82, 2.24) is 0 Å². The van der Waals surface area contributed by atoms with E-state index in [4.69, 9.17) is 16.3 Å². The average Bonchev–Trinajstić information content (AvgIpc) is 2.67. The van der Waals surface area contributed by atoms with E-state index < -0.39 is 0 Å². The highest BCUT2D eigenvalue weighted by atomic mass is 35.5. The Bertz CT molecular complexity index is 307. The molecule has 0 fully saturated rings. The predicted octanol–water partition coefficient (Wildman–Crippen LogP) is 8.59. The number of ether oxygens (including phenoxy) is 1. The molecule has 0 aliphatic heterocycles. The quantitative estimate of drug-likeness (QED) is 0.109. The molecule has 0 bridgehead atoms. The Kier molecular flexibility index (Phi) is 21.9. The van der Waals surface area contributed by atoms with Crippen LogP contribution in [0, 0.1) is 0 Å². The molecule has 27 heavy (non-hydrogen) atoms. The molecule has 0 N–H and O–H groups in total. The monoisotopic (exact) mass is 402 g/mol. The van der Waals surface area contributed by atoms with Crippen LogP contribution in [0.5, 0.6) is 0 Å². The third-order valence-corrected chi connectivity index (χ3v) is 5.62. The molecule has 1 atom stereocenters. The van der Waals surface area contributed by atoms with E-state index in [0.717, 1.165) is 25.7 Å². The number of rotatable bonds is 21. The summed E-state index contributed by atoms with van der Waals surface area (Å²) in [6.07, 6.45) is 23.6. The molecule has 0 aliphatic carbocycles. The van der Waals surface area contributed by atoms with Crippen molar-refractivity contribution in [3.8, 4) is 0 Å². The van der Waals surface area contributed by atoms with Crippen molar-refractivity contribution in [1.29, 1.82) is 0 Å². The van der Waals surface area contributed by atoms with E-state index in [1.807, 2.05) is 0 Å². The molecule has 0 amide bonds. The van der Waals surface area contributed by atoms with Gasteiger partial charge in [-0.1, -0.05) is 117 Å². The van der Waals surface area contributed by atoms with Crippen LogP contribution in [0.4, 0.5) is 0 Å². The Balaban J connectivity index is 3.25. The van der Waals surface area contributed by atoms with Crippen LogP contribution in [0.25, 0.3) is 0 Å². The number of carbonyl (C=O) groups excluding carboxylic acids is 1. The summed E-state index contributed by atoms with van der Waals surface area (Å²) in [5.74, 6) is -0.0720. The SMILES string of the molecule is CCCCCCCCCCCCCCCC(=O)OCC(Cl)CCCCCC. The van der Waals surface area contributed by atoms with Crippen LogP contribution >= 0.6 is 11.6 Å². The topological polar surface area (TPSA) is 26.3 Å². The van der Waals surface area contributed by atoms with Crippen molar-refractivity contribution in [2.75, 3.05) is 6.61 Å². The molecule has 1 unspecified atom stereocenters. The summed E-state index contributed by atoms with van der Waals surface area (Å²) < 4.78 is 5.30. The molecule has 162 valence electrons. The molecular weight excluding hydrogens is 356 g/mol.